The van der Waals surface area contributed by atoms with Gasteiger partial charge in [0.15, 0.2) is 0 Å². The molecule has 0 fully saturated rings. The van der Waals surface area contributed by atoms with Crippen LogP contribution in [0, 0.1) is 6.07 Å². The fourth-order valence-corrected chi connectivity index (χ4v) is 9.42. The second-order valence-corrected chi connectivity index (χ2v) is 21.4. The summed E-state index contributed by atoms with van der Waals surface area (Å²) >= 11 is 0. The number of hydrogen-bond donors (Lipinski definition) is 1. The quantitative estimate of drug-likeness (QED) is 0.147. The van der Waals surface area contributed by atoms with E-state index in [4.69, 9.17) is 22.3 Å². The van der Waals surface area contributed by atoms with Crippen molar-refractivity contribution in [3.05, 3.63) is 192 Å². The molecule has 0 unspecified atom stereocenters. The number of phenolic OH excluding ortho intramolecular Hbond substituents is 1. The van der Waals surface area contributed by atoms with Gasteiger partial charge in [0.2, 0.25) is 0 Å². The van der Waals surface area contributed by atoms with Crippen LogP contribution in [0.4, 0.5) is 0 Å². The van der Waals surface area contributed by atoms with Crippen LogP contribution in [0.2, 0.25) is 0 Å². The van der Waals surface area contributed by atoms with Crippen molar-refractivity contribution >= 4 is 11.0 Å². The topological polar surface area (TPSA) is 50.9 Å². The third kappa shape index (κ3) is 10.2. The SMILES string of the molecule is [2H]C([2H])([2H])C(c1ccc(-c2ccnc(-c3[c-]c(-c4cccc5c4nc(-c4cc(C(C)C)cc(C(C)C)c4O)n5-c4cc(-c5ccccc5)c(C(C)(C)C)cc4-c4ccccc4)cc(C(C)(C)C)c3)c2)cc1)(C([2H])([2H])[2H])C([2H])([2H])[2H].[Pt]. The molecule has 0 saturated heterocycles. The van der Waals surface area contributed by atoms with Crippen LogP contribution < -0.4 is 0 Å². The van der Waals surface area contributed by atoms with Gasteiger partial charge in [0.1, 0.15) is 11.6 Å². The summed E-state index contributed by atoms with van der Waals surface area (Å²) in [5.41, 5.74) is 11.6. The minimum Gasteiger partial charge on any atom is -0.507 e. The molecule has 4 nitrogen and oxygen atoms in total. The molecule has 0 spiro atoms. The number of imidazole rings is 1. The zero-order valence-electron chi connectivity index (χ0n) is 51.3. The van der Waals surface area contributed by atoms with E-state index in [9.17, 15) is 5.11 Å². The first kappa shape index (κ1) is 40.3. The minimum atomic E-state index is -3.38. The molecule has 0 aliphatic heterocycles. The summed E-state index contributed by atoms with van der Waals surface area (Å²) in [5.74, 6) is 0.947. The molecule has 7 aromatic carbocycles. The summed E-state index contributed by atoms with van der Waals surface area (Å²) in [6.07, 6.45) is 1.67. The Morgan fingerprint density at radius 1 is 0.549 bits per heavy atom. The van der Waals surface area contributed by atoms with Crippen molar-refractivity contribution in [3.8, 4) is 78.6 Å². The maximum Gasteiger partial charge on any atom is 0.148 e. The Hall–Kier alpha value is -6.35. The van der Waals surface area contributed by atoms with E-state index in [1.807, 2.05) is 24.3 Å². The van der Waals surface area contributed by atoms with Gasteiger partial charge >= 0.3 is 0 Å². The second kappa shape index (κ2) is 19.7. The number of benzene rings is 7. The maximum absolute atomic E-state index is 12.6. The normalized spacial score (nSPS) is 14.6. The number of rotatable bonds is 9. The first-order valence-electron chi connectivity index (χ1n) is 28.8. The van der Waals surface area contributed by atoms with Crippen molar-refractivity contribution in [2.24, 2.45) is 0 Å². The predicted octanol–water partition coefficient (Wildman–Crippen LogP) is 18.1. The minimum absolute atomic E-state index is 0. The van der Waals surface area contributed by atoms with Crippen LogP contribution in [-0.4, -0.2) is 19.6 Å². The number of aromatic nitrogens is 3. The zero-order chi connectivity index (χ0) is 57.4. The van der Waals surface area contributed by atoms with Gasteiger partial charge in [-0.1, -0.05) is 210 Å². The molecule has 2 aromatic heterocycles. The maximum atomic E-state index is 12.6. The van der Waals surface area contributed by atoms with Crippen LogP contribution in [0.1, 0.15) is 142 Å². The monoisotopic (exact) mass is 1120 g/mol. The Balaban J connectivity index is 0.00000841. The summed E-state index contributed by atoms with van der Waals surface area (Å²) in [4.78, 5) is 10.5. The summed E-state index contributed by atoms with van der Waals surface area (Å²) in [6, 6.07) is 53.4. The third-order valence-corrected chi connectivity index (χ3v) is 13.4. The molecule has 0 aliphatic rings. The molecule has 9 aromatic rings. The second-order valence-electron chi connectivity index (χ2n) is 21.4. The molecular formula is C66H68N3OPt-. The largest absolute Gasteiger partial charge is 0.507 e. The molecule has 364 valence electrons. The smallest absolute Gasteiger partial charge is 0.148 e. The Bertz CT molecular complexity index is 3680. The molecule has 5 heteroatoms. The molecule has 1 N–H and O–H groups in total. The van der Waals surface area contributed by atoms with Crippen molar-refractivity contribution in [2.75, 3.05) is 0 Å². The number of para-hydroxylation sites is 1. The molecule has 0 radical (unpaired) electrons. The Labute approximate surface area is 450 Å². The average Bonchev–Trinajstić information content (AvgIpc) is 3.72. The first-order chi connectivity index (χ1) is 36.9. The molecule has 0 atom stereocenters. The van der Waals surface area contributed by atoms with Crippen molar-refractivity contribution in [1.29, 1.82) is 0 Å². The van der Waals surface area contributed by atoms with E-state index in [1.165, 1.54) is 17.7 Å². The summed E-state index contributed by atoms with van der Waals surface area (Å²) in [6.45, 7) is 11.6. The first-order valence-corrected chi connectivity index (χ1v) is 24.3. The van der Waals surface area contributed by atoms with Gasteiger partial charge in [-0.2, -0.15) is 0 Å². The summed E-state index contributed by atoms with van der Waals surface area (Å²) in [7, 11) is 0. The van der Waals surface area contributed by atoms with Gasteiger partial charge in [-0.15, -0.1) is 29.3 Å². The molecule has 0 bridgehead atoms. The number of hydrogen-bond acceptors (Lipinski definition) is 3. The van der Waals surface area contributed by atoms with Crippen molar-refractivity contribution < 1.29 is 38.5 Å². The predicted molar refractivity (Wildman–Crippen MR) is 296 cm³/mol. The summed E-state index contributed by atoms with van der Waals surface area (Å²) in [5, 5.41) is 12.6. The Morgan fingerprint density at radius 3 is 1.80 bits per heavy atom. The van der Waals surface area contributed by atoms with E-state index in [0.29, 0.717) is 39.3 Å². The van der Waals surface area contributed by atoms with E-state index in [-0.39, 0.29) is 55.0 Å². The number of fused-ring (bicyclic) bond motifs is 1. The van der Waals surface area contributed by atoms with Gasteiger partial charge in [0.25, 0.3) is 0 Å². The molecule has 71 heavy (non-hydrogen) atoms. The zero-order valence-corrected chi connectivity index (χ0v) is 44.5. The number of phenols is 1. The Kier molecular flexibility index (Phi) is 11.2. The van der Waals surface area contributed by atoms with Gasteiger partial charge in [0, 0.05) is 50.9 Å². The fourth-order valence-electron chi connectivity index (χ4n) is 9.42. The van der Waals surface area contributed by atoms with Crippen LogP contribution >= 0.6 is 0 Å². The molecule has 0 aliphatic carbocycles. The summed E-state index contributed by atoms with van der Waals surface area (Å²) < 4.78 is 76.4. The van der Waals surface area contributed by atoms with Gasteiger partial charge < -0.3 is 5.11 Å². The van der Waals surface area contributed by atoms with Crippen LogP contribution in [-0.2, 0) is 37.3 Å². The number of pyridine rings is 1. The van der Waals surface area contributed by atoms with Gasteiger partial charge in [-0.05, 0) is 108 Å². The van der Waals surface area contributed by atoms with Crippen LogP contribution in [0.5, 0.6) is 5.75 Å². The van der Waals surface area contributed by atoms with E-state index >= 15 is 0 Å². The Morgan fingerprint density at radius 2 is 1.20 bits per heavy atom. The molecule has 2 heterocycles. The van der Waals surface area contributed by atoms with E-state index < -0.39 is 26.0 Å². The molecule has 0 saturated carbocycles. The molecule has 9 rings (SSSR count). The number of nitrogens with zero attached hydrogens (tertiary/aromatic N) is 3. The van der Waals surface area contributed by atoms with Crippen molar-refractivity contribution in [2.45, 2.75) is 118 Å². The van der Waals surface area contributed by atoms with E-state index in [2.05, 4.69) is 177 Å². The molecule has 0 amide bonds. The van der Waals surface area contributed by atoms with Crippen molar-refractivity contribution in [1.82, 2.24) is 14.5 Å². The van der Waals surface area contributed by atoms with Gasteiger partial charge in [-0.25, -0.2) is 4.98 Å². The third-order valence-electron chi connectivity index (χ3n) is 13.4. The van der Waals surface area contributed by atoms with Crippen LogP contribution in [0.25, 0.3) is 83.9 Å². The number of aromatic hydroxyl groups is 1. The standard InChI is InChI=1S/C66H68N3O.Pt/c1-41(2)47-36-53(42(3)4)62(70)56(37-47)63-68-61-52(48-33-49(35-51(34-48)65(8,9)10)58-38-46(31-32-67-58)43-27-29-50(30-28-43)64(5,6)7)25-20-26-59(61)69(63)60-40-54(44-21-16-14-17-22-44)57(66(11,12)13)39-55(60)45-23-18-15-19-24-45;/h14-32,34-42,70H,1-13H3;/q-1;/i5D3,6D3,7D3;. The van der Waals surface area contributed by atoms with E-state index in [0.717, 1.165) is 61.3 Å². The van der Waals surface area contributed by atoms with Crippen LogP contribution in [0.3, 0.4) is 0 Å². The average molecular weight is 1120 g/mol. The van der Waals surface area contributed by atoms with Crippen molar-refractivity contribution in [3.63, 3.8) is 0 Å². The fraction of sp³-hybridized carbons (Fsp3) is 0.273. The molecular weight excluding hydrogens is 1050 g/mol. The van der Waals surface area contributed by atoms with Crippen LogP contribution in [0.15, 0.2) is 158 Å². The van der Waals surface area contributed by atoms with Gasteiger partial charge in [-0.3, -0.25) is 9.55 Å². The van der Waals surface area contributed by atoms with Gasteiger partial charge in [0.05, 0.1) is 22.3 Å². The van der Waals surface area contributed by atoms with E-state index in [1.54, 1.807) is 24.4 Å².